The molecule has 0 bridgehead atoms. The Morgan fingerprint density at radius 3 is 2.58 bits per heavy atom. The molecule has 24 heavy (non-hydrogen) atoms. The molecule has 1 N–H and O–H groups in total. The van der Waals surface area contributed by atoms with Crippen molar-refractivity contribution in [1.29, 1.82) is 0 Å². The Kier molecular flexibility index (Phi) is 8.21. The lowest BCUT2D eigenvalue weighted by Crippen LogP contribution is -2.45. The van der Waals surface area contributed by atoms with Crippen molar-refractivity contribution >= 4 is 41.7 Å². The van der Waals surface area contributed by atoms with Crippen LogP contribution in [0.15, 0.2) is 29.2 Å². The molecule has 1 aliphatic carbocycles. The first-order chi connectivity index (χ1) is 11.2. The minimum Gasteiger partial charge on any atom is -0.343 e. The van der Waals surface area contributed by atoms with Gasteiger partial charge in [-0.1, -0.05) is 23.7 Å². The maximum atomic E-state index is 12.3. The van der Waals surface area contributed by atoms with Crippen LogP contribution in [0.25, 0.3) is 0 Å². The van der Waals surface area contributed by atoms with Crippen molar-refractivity contribution in [2.24, 2.45) is 5.92 Å². The minimum absolute atomic E-state index is 0. The van der Waals surface area contributed by atoms with E-state index in [0.29, 0.717) is 12.5 Å². The van der Waals surface area contributed by atoms with Crippen LogP contribution in [-0.2, 0) is 4.79 Å². The molecule has 0 radical (unpaired) electrons. The highest BCUT2D eigenvalue weighted by Gasteiger charge is 2.25. The SMILES string of the molecule is Cl.O=C(CCSc1ccccc1Cl)N1CCC(NCC2CC2)CC1. The number of rotatable bonds is 7. The van der Waals surface area contributed by atoms with Gasteiger partial charge in [-0.3, -0.25) is 4.79 Å². The molecule has 0 atom stereocenters. The normalized spacial score (nSPS) is 18.3. The van der Waals surface area contributed by atoms with E-state index >= 15 is 0 Å². The Morgan fingerprint density at radius 2 is 1.92 bits per heavy atom. The zero-order chi connectivity index (χ0) is 16.1. The van der Waals surface area contributed by atoms with Gasteiger partial charge in [0.25, 0.3) is 0 Å². The fourth-order valence-electron chi connectivity index (χ4n) is 2.96. The maximum Gasteiger partial charge on any atom is 0.223 e. The molecular formula is C18H26Cl2N2OS. The fraction of sp³-hybridized carbons (Fsp3) is 0.611. The number of hydrogen-bond donors (Lipinski definition) is 1. The monoisotopic (exact) mass is 388 g/mol. The summed E-state index contributed by atoms with van der Waals surface area (Å²) >= 11 is 7.80. The van der Waals surface area contributed by atoms with Gasteiger partial charge in [0.15, 0.2) is 0 Å². The van der Waals surface area contributed by atoms with E-state index in [1.165, 1.54) is 19.4 Å². The highest BCUT2D eigenvalue weighted by Crippen LogP contribution is 2.28. The van der Waals surface area contributed by atoms with E-state index in [2.05, 4.69) is 5.32 Å². The Balaban J connectivity index is 0.00000208. The molecule has 3 rings (SSSR count). The molecule has 3 nitrogen and oxygen atoms in total. The lowest BCUT2D eigenvalue weighted by Gasteiger charge is -2.32. The van der Waals surface area contributed by atoms with E-state index in [1.807, 2.05) is 29.2 Å². The van der Waals surface area contributed by atoms with Crippen molar-refractivity contribution in [3.05, 3.63) is 29.3 Å². The van der Waals surface area contributed by atoms with Gasteiger partial charge in [-0.2, -0.15) is 0 Å². The highest BCUT2D eigenvalue weighted by atomic mass is 35.5. The highest BCUT2D eigenvalue weighted by molar-refractivity contribution is 7.99. The van der Waals surface area contributed by atoms with Crippen molar-refractivity contribution < 1.29 is 4.79 Å². The summed E-state index contributed by atoms with van der Waals surface area (Å²) in [4.78, 5) is 15.4. The van der Waals surface area contributed by atoms with Crippen LogP contribution >= 0.6 is 35.8 Å². The molecule has 1 saturated carbocycles. The van der Waals surface area contributed by atoms with Gasteiger partial charge in [0.05, 0.1) is 5.02 Å². The van der Waals surface area contributed by atoms with E-state index in [1.54, 1.807) is 11.8 Å². The summed E-state index contributed by atoms with van der Waals surface area (Å²) in [7, 11) is 0. The molecule has 2 fully saturated rings. The number of piperidine rings is 1. The predicted molar refractivity (Wildman–Crippen MR) is 104 cm³/mol. The number of carbonyl (C=O) groups is 1. The number of halogens is 2. The van der Waals surface area contributed by atoms with Gasteiger partial charge in [0.2, 0.25) is 5.91 Å². The summed E-state index contributed by atoms with van der Waals surface area (Å²) in [6.45, 7) is 2.98. The molecule has 0 spiro atoms. The van der Waals surface area contributed by atoms with Crippen LogP contribution in [0.3, 0.4) is 0 Å². The first kappa shape index (κ1) is 19.9. The van der Waals surface area contributed by atoms with E-state index in [0.717, 1.165) is 47.5 Å². The molecule has 1 heterocycles. The quantitative estimate of drug-likeness (QED) is 0.709. The Morgan fingerprint density at radius 1 is 1.21 bits per heavy atom. The topological polar surface area (TPSA) is 32.3 Å². The van der Waals surface area contributed by atoms with Gasteiger partial charge < -0.3 is 10.2 Å². The number of carbonyl (C=O) groups excluding carboxylic acids is 1. The van der Waals surface area contributed by atoms with Gasteiger partial charge in [0, 0.05) is 36.2 Å². The lowest BCUT2D eigenvalue weighted by atomic mass is 10.0. The zero-order valence-electron chi connectivity index (χ0n) is 13.9. The number of thioether (sulfide) groups is 1. The van der Waals surface area contributed by atoms with E-state index in [9.17, 15) is 4.79 Å². The molecule has 1 aromatic rings. The summed E-state index contributed by atoms with van der Waals surface area (Å²) in [6.07, 6.45) is 5.57. The Bertz CT molecular complexity index is 532. The van der Waals surface area contributed by atoms with Gasteiger partial charge in [-0.05, 0) is 50.3 Å². The summed E-state index contributed by atoms with van der Waals surface area (Å²) in [6, 6.07) is 8.42. The second kappa shape index (κ2) is 9.91. The Hall–Kier alpha value is -0.420. The zero-order valence-corrected chi connectivity index (χ0v) is 16.3. The fourth-order valence-corrected chi connectivity index (χ4v) is 4.13. The molecular weight excluding hydrogens is 363 g/mol. The number of nitrogens with one attached hydrogen (secondary N) is 1. The minimum atomic E-state index is 0. The van der Waals surface area contributed by atoms with Crippen molar-refractivity contribution in [3.8, 4) is 0 Å². The summed E-state index contributed by atoms with van der Waals surface area (Å²) in [5.74, 6) is 2.00. The van der Waals surface area contributed by atoms with Crippen molar-refractivity contribution in [3.63, 3.8) is 0 Å². The third-order valence-electron chi connectivity index (χ3n) is 4.65. The molecule has 2 aliphatic rings. The summed E-state index contributed by atoms with van der Waals surface area (Å²) in [5.41, 5.74) is 0. The molecule has 1 saturated heterocycles. The number of likely N-dealkylation sites (tertiary alicyclic amines) is 1. The number of amides is 1. The van der Waals surface area contributed by atoms with Crippen LogP contribution in [-0.4, -0.2) is 42.2 Å². The van der Waals surface area contributed by atoms with Crippen LogP contribution in [0.2, 0.25) is 5.02 Å². The second-order valence-electron chi connectivity index (χ2n) is 6.54. The number of hydrogen-bond acceptors (Lipinski definition) is 3. The average molecular weight is 389 g/mol. The average Bonchev–Trinajstić information content (AvgIpc) is 3.39. The Labute approximate surface area is 160 Å². The first-order valence-corrected chi connectivity index (χ1v) is 9.97. The maximum absolute atomic E-state index is 12.3. The van der Waals surface area contributed by atoms with E-state index in [-0.39, 0.29) is 18.3 Å². The predicted octanol–water partition coefficient (Wildman–Crippen LogP) is 4.23. The first-order valence-electron chi connectivity index (χ1n) is 8.61. The van der Waals surface area contributed by atoms with Crippen LogP contribution in [0, 0.1) is 5.92 Å². The van der Waals surface area contributed by atoms with Crippen molar-refractivity contribution in [2.45, 2.75) is 43.0 Å². The molecule has 0 aromatic heterocycles. The summed E-state index contributed by atoms with van der Waals surface area (Å²) in [5, 5.41) is 4.43. The third kappa shape index (κ3) is 6.14. The second-order valence-corrected chi connectivity index (χ2v) is 8.08. The van der Waals surface area contributed by atoms with E-state index < -0.39 is 0 Å². The van der Waals surface area contributed by atoms with Crippen LogP contribution in [0.5, 0.6) is 0 Å². The van der Waals surface area contributed by atoms with E-state index in [4.69, 9.17) is 11.6 Å². The molecule has 1 aliphatic heterocycles. The number of nitrogens with zero attached hydrogens (tertiary/aromatic N) is 1. The molecule has 1 amide bonds. The van der Waals surface area contributed by atoms with Gasteiger partial charge in [-0.25, -0.2) is 0 Å². The number of benzene rings is 1. The van der Waals surface area contributed by atoms with Crippen LogP contribution in [0.4, 0.5) is 0 Å². The van der Waals surface area contributed by atoms with Gasteiger partial charge in [0.1, 0.15) is 0 Å². The molecule has 6 heteroatoms. The van der Waals surface area contributed by atoms with Gasteiger partial charge >= 0.3 is 0 Å². The third-order valence-corrected chi connectivity index (χ3v) is 6.17. The van der Waals surface area contributed by atoms with Crippen LogP contribution < -0.4 is 5.32 Å². The lowest BCUT2D eigenvalue weighted by molar-refractivity contribution is -0.131. The molecule has 1 aromatic carbocycles. The smallest absolute Gasteiger partial charge is 0.223 e. The molecule has 134 valence electrons. The van der Waals surface area contributed by atoms with Gasteiger partial charge in [-0.15, -0.1) is 24.2 Å². The van der Waals surface area contributed by atoms with Crippen molar-refractivity contribution in [1.82, 2.24) is 10.2 Å². The largest absolute Gasteiger partial charge is 0.343 e. The summed E-state index contributed by atoms with van der Waals surface area (Å²) < 4.78 is 0. The van der Waals surface area contributed by atoms with Crippen molar-refractivity contribution in [2.75, 3.05) is 25.4 Å². The molecule has 0 unspecified atom stereocenters. The standard InChI is InChI=1S/C18H25ClN2OS.ClH/c19-16-3-1-2-4-17(16)23-12-9-18(22)21-10-7-15(8-11-21)20-13-14-5-6-14;/h1-4,14-15,20H,5-13H2;1H. The van der Waals surface area contributed by atoms with Crippen LogP contribution in [0.1, 0.15) is 32.1 Å².